The first-order valence-electron chi connectivity index (χ1n) is 6.76. The molecule has 0 saturated heterocycles. The second-order valence-electron chi connectivity index (χ2n) is 5.15. The van der Waals surface area contributed by atoms with Crippen LogP contribution in [0.1, 0.15) is 36.2 Å². The molecule has 0 unspecified atom stereocenters. The van der Waals surface area contributed by atoms with Crippen LogP contribution in [-0.4, -0.2) is 26.2 Å². The molecule has 0 atom stereocenters. The Hall–Kier alpha value is -1.96. The van der Waals surface area contributed by atoms with Gasteiger partial charge in [0.15, 0.2) is 0 Å². The van der Waals surface area contributed by atoms with Crippen LogP contribution in [0.2, 0.25) is 0 Å². The number of rotatable bonds is 6. The molecule has 0 radical (unpaired) electrons. The van der Waals surface area contributed by atoms with Gasteiger partial charge in [-0.1, -0.05) is 13.8 Å². The number of nitrogens with zero attached hydrogens (tertiary/aromatic N) is 4. The van der Waals surface area contributed by atoms with Gasteiger partial charge in [-0.3, -0.25) is 10.1 Å². The van der Waals surface area contributed by atoms with Gasteiger partial charge in [0, 0.05) is 31.3 Å². The average Bonchev–Trinajstić information content (AvgIpc) is 2.94. The molecule has 7 nitrogen and oxygen atoms in total. The van der Waals surface area contributed by atoms with Gasteiger partial charge in [0.2, 0.25) is 5.82 Å². The fourth-order valence-corrected chi connectivity index (χ4v) is 2.78. The molecule has 2 rings (SSSR count). The minimum absolute atomic E-state index is 0.00772. The zero-order valence-electron chi connectivity index (χ0n) is 12.6. The zero-order valence-corrected chi connectivity index (χ0v) is 13.4. The largest absolute Gasteiger partial charge is 0.364 e. The lowest BCUT2D eigenvalue weighted by Crippen LogP contribution is -2.10. The summed E-state index contributed by atoms with van der Waals surface area (Å²) >= 11 is 1.61. The van der Waals surface area contributed by atoms with Crippen LogP contribution in [0, 0.1) is 17.0 Å². The number of aromatic nitrogens is 3. The molecule has 0 saturated carbocycles. The van der Waals surface area contributed by atoms with Crippen molar-refractivity contribution in [2.75, 3.05) is 11.9 Å². The lowest BCUT2D eigenvalue weighted by Gasteiger charge is -2.05. The lowest BCUT2D eigenvalue weighted by atomic mass is 10.1. The summed E-state index contributed by atoms with van der Waals surface area (Å²) < 4.78 is 1.54. The van der Waals surface area contributed by atoms with Crippen LogP contribution in [0.3, 0.4) is 0 Å². The highest BCUT2D eigenvalue weighted by molar-refractivity contribution is 7.09. The van der Waals surface area contributed by atoms with Crippen molar-refractivity contribution < 1.29 is 4.92 Å². The molecule has 2 aromatic heterocycles. The van der Waals surface area contributed by atoms with Gasteiger partial charge in [0.25, 0.3) is 0 Å². The molecule has 0 aliphatic rings. The Bertz CT molecular complexity index is 647. The van der Waals surface area contributed by atoms with Crippen molar-refractivity contribution in [2.24, 2.45) is 7.05 Å². The predicted molar refractivity (Wildman–Crippen MR) is 83.0 cm³/mol. The van der Waals surface area contributed by atoms with E-state index < -0.39 is 0 Å². The molecule has 0 fully saturated rings. The second-order valence-corrected chi connectivity index (χ2v) is 6.21. The van der Waals surface area contributed by atoms with Crippen LogP contribution >= 0.6 is 11.3 Å². The Morgan fingerprint density at radius 1 is 1.52 bits per heavy atom. The van der Waals surface area contributed by atoms with Crippen LogP contribution in [0.4, 0.5) is 11.5 Å². The first-order valence-corrected chi connectivity index (χ1v) is 7.64. The predicted octanol–water partition coefficient (Wildman–Crippen LogP) is 2.87. The van der Waals surface area contributed by atoms with E-state index in [4.69, 9.17) is 0 Å². The Balaban J connectivity index is 2.13. The van der Waals surface area contributed by atoms with Crippen molar-refractivity contribution in [3.63, 3.8) is 0 Å². The number of aryl methyl sites for hydroxylation is 2. The monoisotopic (exact) mass is 309 g/mol. The maximum Gasteiger partial charge on any atom is 0.334 e. The summed E-state index contributed by atoms with van der Waals surface area (Å²) in [5, 5.41) is 21.7. The summed E-state index contributed by atoms with van der Waals surface area (Å²) in [4.78, 5) is 15.3. The van der Waals surface area contributed by atoms with Crippen molar-refractivity contribution in [1.29, 1.82) is 0 Å². The SMILES string of the molecule is Cc1nc(CCNc2c([N+](=O)[O-])c(C(C)C)nn2C)cs1. The van der Waals surface area contributed by atoms with E-state index >= 15 is 0 Å². The maximum absolute atomic E-state index is 11.3. The summed E-state index contributed by atoms with van der Waals surface area (Å²) in [5.41, 5.74) is 1.58. The van der Waals surface area contributed by atoms with Crippen LogP contribution in [0.15, 0.2) is 5.38 Å². The van der Waals surface area contributed by atoms with Crippen LogP contribution in [0.5, 0.6) is 0 Å². The fraction of sp³-hybridized carbons (Fsp3) is 0.538. The van der Waals surface area contributed by atoms with Crippen LogP contribution < -0.4 is 5.32 Å². The highest BCUT2D eigenvalue weighted by Crippen LogP contribution is 2.32. The van der Waals surface area contributed by atoms with Gasteiger partial charge in [0.1, 0.15) is 5.69 Å². The van der Waals surface area contributed by atoms with Crippen molar-refractivity contribution in [2.45, 2.75) is 33.1 Å². The number of nitrogens with one attached hydrogen (secondary N) is 1. The Morgan fingerprint density at radius 3 is 2.76 bits per heavy atom. The molecular formula is C13H19N5O2S. The van der Waals surface area contributed by atoms with E-state index in [0.717, 1.165) is 17.1 Å². The summed E-state index contributed by atoms with van der Waals surface area (Å²) in [6.07, 6.45) is 0.726. The van der Waals surface area contributed by atoms with Crippen molar-refractivity contribution in [3.8, 4) is 0 Å². The standard InChI is InChI=1S/C13H19N5O2S/c1-8(2)11-12(18(19)20)13(17(4)16-11)14-6-5-10-7-21-9(3)15-10/h7-8,14H,5-6H2,1-4H3. The van der Waals surface area contributed by atoms with Crippen LogP contribution in [-0.2, 0) is 13.5 Å². The van der Waals surface area contributed by atoms with Crippen molar-refractivity contribution in [1.82, 2.24) is 14.8 Å². The van der Waals surface area contributed by atoms with Gasteiger partial charge >= 0.3 is 5.69 Å². The minimum atomic E-state index is -0.363. The summed E-state index contributed by atoms with van der Waals surface area (Å²) in [6.45, 7) is 6.35. The maximum atomic E-state index is 11.3. The van der Waals surface area contributed by atoms with E-state index in [-0.39, 0.29) is 16.5 Å². The van der Waals surface area contributed by atoms with Gasteiger partial charge in [-0.25, -0.2) is 9.67 Å². The molecule has 0 amide bonds. The summed E-state index contributed by atoms with van der Waals surface area (Å²) in [6, 6.07) is 0. The minimum Gasteiger partial charge on any atom is -0.364 e. The smallest absolute Gasteiger partial charge is 0.334 e. The van der Waals surface area contributed by atoms with E-state index in [1.54, 1.807) is 23.1 Å². The van der Waals surface area contributed by atoms with E-state index in [2.05, 4.69) is 15.4 Å². The highest BCUT2D eigenvalue weighted by Gasteiger charge is 2.28. The molecule has 114 valence electrons. The zero-order chi connectivity index (χ0) is 15.6. The molecular weight excluding hydrogens is 290 g/mol. The third kappa shape index (κ3) is 3.38. The lowest BCUT2D eigenvalue weighted by molar-refractivity contribution is -0.384. The Labute approximate surface area is 127 Å². The first kappa shape index (κ1) is 15.4. The second kappa shape index (κ2) is 6.21. The number of hydrogen-bond acceptors (Lipinski definition) is 6. The van der Waals surface area contributed by atoms with Crippen LogP contribution in [0.25, 0.3) is 0 Å². The Morgan fingerprint density at radius 2 is 2.24 bits per heavy atom. The van der Waals surface area contributed by atoms with Gasteiger partial charge < -0.3 is 5.32 Å². The molecule has 1 N–H and O–H groups in total. The highest BCUT2D eigenvalue weighted by atomic mass is 32.1. The quantitative estimate of drug-likeness (QED) is 0.655. The molecule has 2 heterocycles. The third-order valence-corrected chi connectivity index (χ3v) is 3.94. The van der Waals surface area contributed by atoms with Gasteiger partial charge in [-0.15, -0.1) is 11.3 Å². The molecule has 21 heavy (non-hydrogen) atoms. The molecule has 8 heteroatoms. The molecule has 2 aromatic rings. The molecule has 0 spiro atoms. The average molecular weight is 309 g/mol. The number of hydrogen-bond donors (Lipinski definition) is 1. The molecule has 0 bridgehead atoms. The van der Waals surface area contributed by atoms with Crippen molar-refractivity contribution in [3.05, 3.63) is 31.9 Å². The van der Waals surface area contributed by atoms with E-state index in [0.29, 0.717) is 18.1 Å². The molecule has 0 aromatic carbocycles. The van der Waals surface area contributed by atoms with Gasteiger partial charge in [0.05, 0.1) is 15.6 Å². The number of nitro groups is 1. The van der Waals surface area contributed by atoms with Crippen molar-refractivity contribution >= 4 is 22.8 Å². The van der Waals surface area contributed by atoms with E-state index in [1.807, 2.05) is 26.2 Å². The molecule has 0 aliphatic carbocycles. The first-order chi connectivity index (χ1) is 9.90. The molecule has 0 aliphatic heterocycles. The number of anilines is 1. The third-order valence-electron chi connectivity index (χ3n) is 3.12. The summed E-state index contributed by atoms with van der Waals surface area (Å²) in [5.74, 6) is 0.462. The Kier molecular flexibility index (Phi) is 4.56. The van der Waals surface area contributed by atoms with Gasteiger partial charge in [-0.05, 0) is 6.92 Å². The topological polar surface area (TPSA) is 85.9 Å². The summed E-state index contributed by atoms with van der Waals surface area (Å²) in [7, 11) is 1.72. The number of thiazole rings is 1. The van der Waals surface area contributed by atoms with E-state index in [1.165, 1.54) is 0 Å². The normalized spacial score (nSPS) is 11.1. The van der Waals surface area contributed by atoms with E-state index in [9.17, 15) is 10.1 Å². The fourth-order valence-electron chi connectivity index (χ4n) is 2.13. The van der Waals surface area contributed by atoms with Gasteiger partial charge in [-0.2, -0.15) is 5.10 Å².